The number of hydrogen-bond donors (Lipinski definition) is 1. The lowest BCUT2D eigenvalue weighted by atomic mass is 10.1. The molecule has 17 heavy (non-hydrogen) atoms. The summed E-state index contributed by atoms with van der Waals surface area (Å²) in [6.07, 6.45) is 5.46. The molecule has 1 N–H and O–H groups in total. The van der Waals surface area contributed by atoms with Crippen molar-refractivity contribution < 1.29 is 9.53 Å². The van der Waals surface area contributed by atoms with Crippen molar-refractivity contribution >= 4 is 5.91 Å². The molecule has 0 bridgehead atoms. The van der Waals surface area contributed by atoms with E-state index in [9.17, 15) is 4.79 Å². The molecule has 4 nitrogen and oxygen atoms in total. The molecule has 0 fully saturated rings. The molecule has 0 rings (SSSR count). The SMILES string of the molecule is C=C(C#N)C(=O)NCCCCCCCOCC. The van der Waals surface area contributed by atoms with Gasteiger partial charge in [-0.3, -0.25) is 4.79 Å². The lowest BCUT2D eigenvalue weighted by Gasteiger charge is -2.04. The van der Waals surface area contributed by atoms with Crippen molar-refractivity contribution in [1.29, 1.82) is 5.26 Å². The highest BCUT2D eigenvalue weighted by Gasteiger charge is 2.03. The Morgan fingerprint density at radius 3 is 2.59 bits per heavy atom. The average Bonchev–Trinajstić information content (AvgIpc) is 2.35. The molecule has 0 aromatic rings. The molecule has 0 spiro atoms. The molecule has 0 heterocycles. The first-order valence-electron chi connectivity index (χ1n) is 6.17. The number of ether oxygens (including phenoxy) is 1. The minimum Gasteiger partial charge on any atom is -0.382 e. The second kappa shape index (κ2) is 11.2. The van der Waals surface area contributed by atoms with Gasteiger partial charge in [-0.15, -0.1) is 0 Å². The van der Waals surface area contributed by atoms with Crippen molar-refractivity contribution in [2.24, 2.45) is 0 Å². The third-order valence-corrected chi connectivity index (χ3v) is 2.36. The number of hydrogen-bond acceptors (Lipinski definition) is 3. The molecule has 0 aromatic heterocycles. The Labute approximate surface area is 104 Å². The quantitative estimate of drug-likeness (QED) is 0.360. The fourth-order valence-corrected chi connectivity index (χ4v) is 1.36. The molecular weight excluding hydrogens is 216 g/mol. The van der Waals surface area contributed by atoms with Gasteiger partial charge >= 0.3 is 0 Å². The van der Waals surface area contributed by atoms with Crippen LogP contribution in [0.1, 0.15) is 39.0 Å². The van der Waals surface area contributed by atoms with Crippen molar-refractivity contribution in [3.05, 3.63) is 12.2 Å². The summed E-state index contributed by atoms with van der Waals surface area (Å²) in [6, 6.07) is 1.73. The van der Waals surface area contributed by atoms with Crippen LogP contribution < -0.4 is 5.32 Å². The smallest absolute Gasteiger partial charge is 0.261 e. The number of carbonyl (C=O) groups is 1. The number of nitrogens with zero attached hydrogens (tertiary/aromatic N) is 1. The third-order valence-electron chi connectivity index (χ3n) is 2.36. The van der Waals surface area contributed by atoms with Crippen molar-refractivity contribution in [1.82, 2.24) is 5.32 Å². The van der Waals surface area contributed by atoms with Crippen molar-refractivity contribution in [2.45, 2.75) is 39.0 Å². The minimum absolute atomic E-state index is 0.0262. The summed E-state index contributed by atoms with van der Waals surface area (Å²) in [7, 11) is 0. The van der Waals surface area contributed by atoms with Gasteiger partial charge in [-0.05, 0) is 19.8 Å². The van der Waals surface area contributed by atoms with Crippen LogP contribution in [0.3, 0.4) is 0 Å². The summed E-state index contributed by atoms with van der Waals surface area (Å²) < 4.78 is 5.23. The fourth-order valence-electron chi connectivity index (χ4n) is 1.36. The molecule has 0 radical (unpaired) electrons. The summed E-state index contributed by atoms with van der Waals surface area (Å²) in [6.45, 7) is 7.59. The van der Waals surface area contributed by atoms with Gasteiger partial charge in [0.2, 0.25) is 0 Å². The van der Waals surface area contributed by atoms with E-state index in [-0.39, 0.29) is 11.5 Å². The van der Waals surface area contributed by atoms with E-state index in [4.69, 9.17) is 10.00 Å². The van der Waals surface area contributed by atoms with Gasteiger partial charge in [-0.25, -0.2) is 0 Å². The molecular formula is C13H22N2O2. The molecule has 0 saturated carbocycles. The van der Waals surface area contributed by atoms with Crippen LogP contribution in [-0.2, 0) is 9.53 Å². The third kappa shape index (κ3) is 9.58. The van der Waals surface area contributed by atoms with Gasteiger partial charge in [0, 0.05) is 19.8 Å². The van der Waals surface area contributed by atoms with Gasteiger partial charge in [0.25, 0.3) is 5.91 Å². The molecule has 4 heteroatoms. The van der Waals surface area contributed by atoms with Crippen molar-refractivity contribution in [3.8, 4) is 6.07 Å². The zero-order chi connectivity index (χ0) is 12.9. The summed E-state index contributed by atoms with van der Waals surface area (Å²) >= 11 is 0. The summed E-state index contributed by atoms with van der Waals surface area (Å²) in [5, 5.41) is 11.1. The fraction of sp³-hybridized carbons (Fsp3) is 0.692. The molecule has 0 atom stereocenters. The number of amides is 1. The Balaban J connectivity index is 3.22. The molecule has 0 aromatic carbocycles. The predicted molar refractivity (Wildman–Crippen MR) is 67.3 cm³/mol. The van der Waals surface area contributed by atoms with Crippen LogP contribution in [0.4, 0.5) is 0 Å². The maximum atomic E-state index is 11.1. The number of nitrogens with one attached hydrogen (secondary N) is 1. The Morgan fingerprint density at radius 1 is 1.29 bits per heavy atom. The zero-order valence-electron chi connectivity index (χ0n) is 10.6. The van der Waals surface area contributed by atoms with Crippen LogP contribution in [0.15, 0.2) is 12.2 Å². The van der Waals surface area contributed by atoms with E-state index in [2.05, 4.69) is 11.9 Å². The van der Waals surface area contributed by atoms with E-state index in [1.165, 1.54) is 6.42 Å². The van der Waals surface area contributed by atoms with Crippen molar-refractivity contribution in [3.63, 3.8) is 0 Å². The Morgan fingerprint density at radius 2 is 1.94 bits per heavy atom. The van der Waals surface area contributed by atoms with Gasteiger partial charge in [0.15, 0.2) is 0 Å². The Bertz CT molecular complexity index is 269. The van der Waals surface area contributed by atoms with E-state index in [1.807, 2.05) is 6.92 Å². The summed E-state index contributed by atoms with van der Waals surface area (Å²) in [4.78, 5) is 11.1. The number of unbranched alkanes of at least 4 members (excludes halogenated alkanes) is 4. The second-order valence-corrected chi connectivity index (χ2v) is 3.81. The molecule has 0 aliphatic carbocycles. The highest BCUT2D eigenvalue weighted by Crippen LogP contribution is 2.02. The van der Waals surface area contributed by atoms with Crippen LogP contribution in [0.25, 0.3) is 0 Å². The average molecular weight is 238 g/mol. The molecule has 96 valence electrons. The second-order valence-electron chi connectivity index (χ2n) is 3.81. The predicted octanol–water partition coefficient (Wildman–Crippen LogP) is 2.17. The van der Waals surface area contributed by atoms with E-state index in [1.54, 1.807) is 6.07 Å². The van der Waals surface area contributed by atoms with Crippen molar-refractivity contribution in [2.75, 3.05) is 19.8 Å². The van der Waals surface area contributed by atoms with Crippen LogP contribution >= 0.6 is 0 Å². The van der Waals surface area contributed by atoms with E-state index < -0.39 is 0 Å². The normalized spacial score (nSPS) is 9.65. The highest BCUT2D eigenvalue weighted by molar-refractivity contribution is 5.96. The largest absolute Gasteiger partial charge is 0.382 e. The monoisotopic (exact) mass is 238 g/mol. The lowest BCUT2D eigenvalue weighted by molar-refractivity contribution is -0.117. The molecule has 0 aliphatic heterocycles. The number of carbonyl (C=O) groups excluding carboxylic acids is 1. The first-order valence-corrected chi connectivity index (χ1v) is 6.17. The minimum atomic E-state index is -0.358. The van der Waals surface area contributed by atoms with Gasteiger partial charge in [0.1, 0.15) is 11.6 Å². The van der Waals surface area contributed by atoms with Gasteiger partial charge in [0.05, 0.1) is 0 Å². The number of rotatable bonds is 10. The first-order chi connectivity index (χ1) is 8.22. The lowest BCUT2D eigenvalue weighted by Crippen LogP contribution is -2.25. The van der Waals surface area contributed by atoms with Gasteiger partial charge < -0.3 is 10.1 Å². The van der Waals surface area contributed by atoms with Crippen LogP contribution in [0.5, 0.6) is 0 Å². The maximum absolute atomic E-state index is 11.1. The van der Waals surface area contributed by atoms with Gasteiger partial charge in [-0.1, -0.05) is 25.8 Å². The summed E-state index contributed by atoms with van der Waals surface area (Å²) in [5.74, 6) is -0.358. The number of nitriles is 1. The summed E-state index contributed by atoms with van der Waals surface area (Å²) in [5.41, 5.74) is -0.0262. The van der Waals surface area contributed by atoms with E-state index >= 15 is 0 Å². The maximum Gasteiger partial charge on any atom is 0.261 e. The van der Waals surface area contributed by atoms with Gasteiger partial charge in [-0.2, -0.15) is 5.26 Å². The van der Waals surface area contributed by atoms with E-state index in [0.717, 1.165) is 38.9 Å². The van der Waals surface area contributed by atoms with E-state index in [0.29, 0.717) is 6.54 Å². The zero-order valence-corrected chi connectivity index (χ0v) is 10.6. The molecule has 0 unspecified atom stereocenters. The Kier molecular flexibility index (Phi) is 10.3. The van der Waals surface area contributed by atoms with Crippen LogP contribution in [-0.4, -0.2) is 25.7 Å². The highest BCUT2D eigenvalue weighted by atomic mass is 16.5. The Hall–Kier alpha value is -1.34. The van der Waals surface area contributed by atoms with Crippen LogP contribution in [0.2, 0.25) is 0 Å². The standard InChI is InChI=1S/C13H22N2O2/c1-3-17-10-8-6-4-5-7-9-15-13(16)12(2)11-14/h2-10H2,1H3,(H,15,16). The molecule has 0 saturated heterocycles. The molecule has 0 aliphatic rings. The first kappa shape index (κ1) is 15.7. The topological polar surface area (TPSA) is 62.1 Å². The molecule has 1 amide bonds. The van der Waals surface area contributed by atoms with Crippen LogP contribution in [0, 0.1) is 11.3 Å².